The number of urea groups is 1. The normalized spacial score (nSPS) is 17.4. The van der Waals surface area contributed by atoms with E-state index in [0.717, 1.165) is 10.5 Å². The van der Waals surface area contributed by atoms with Gasteiger partial charge in [-0.25, -0.2) is 9.59 Å². The minimum atomic E-state index is -1.34. The Morgan fingerprint density at radius 1 is 0.971 bits per heavy atom. The summed E-state index contributed by atoms with van der Waals surface area (Å²) in [6.45, 7) is 4.75. The molecule has 4 rings (SSSR count). The summed E-state index contributed by atoms with van der Waals surface area (Å²) < 4.78 is 5.08. The molecule has 3 amide bonds. The molecule has 1 atom stereocenters. The van der Waals surface area contributed by atoms with E-state index in [9.17, 15) is 19.2 Å². The van der Waals surface area contributed by atoms with Gasteiger partial charge in [-0.15, -0.1) is 0 Å². The van der Waals surface area contributed by atoms with Gasteiger partial charge in [0.2, 0.25) is 0 Å². The van der Waals surface area contributed by atoms with Gasteiger partial charge in [-0.2, -0.15) is 0 Å². The Bertz CT molecular complexity index is 1280. The van der Waals surface area contributed by atoms with Crippen molar-refractivity contribution in [1.29, 1.82) is 0 Å². The fraction of sp³-hybridized carbons (Fsp3) is 0.259. The zero-order valence-electron chi connectivity index (χ0n) is 19.9. The van der Waals surface area contributed by atoms with Gasteiger partial charge < -0.3 is 15.0 Å². The Morgan fingerprint density at radius 3 is 2.23 bits per heavy atom. The summed E-state index contributed by atoms with van der Waals surface area (Å²) in [4.78, 5) is 56.2. The lowest BCUT2D eigenvalue weighted by molar-refractivity contribution is -0.131. The average molecular weight is 474 g/mol. The number of Topliss-reactive ketones (excluding diaryl/α,β-unsaturated/α-hetero) is 1. The molecular weight excluding hydrogens is 446 g/mol. The number of imide groups is 1. The number of aromatic nitrogens is 1. The van der Waals surface area contributed by atoms with Crippen LogP contribution in [0.15, 0.2) is 60.7 Å². The van der Waals surface area contributed by atoms with Gasteiger partial charge in [-0.1, -0.05) is 60.7 Å². The summed E-state index contributed by atoms with van der Waals surface area (Å²) in [6.07, 6.45) is 0.237. The Morgan fingerprint density at radius 2 is 1.60 bits per heavy atom. The largest absolute Gasteiger partial charge is 0.462 e. The van der Waals surface area contributed by atoms with Crippen molar-refractivity contribution < 1.29 is 23.9 Å². The van der Waals surface area contributed by atoms with E-state index in [0.29, 0.717) is 16.8 Å². The summed E-state index contributed by atoms with van der Waals surface area (Å²) in [7, 11) is 0. The highest BCUT2D eigenvalue weighted by molar-refractivity contribution is 6.12. The third kappa shape index (κ3) is 4.35. The van der Waals surface area contributed by atoms with Crippen molar-refractivity contribution in [3.05, 3.63) is 94.3 Å². The third-order valence-corrected chi connectivity index (χ3v) is 6.25. The van der Waals surface area contributed by atoms with Crippen LogP contribution in [-0.4, -0.2) is 46.7 Å². The molecule has 35 heavy (non-hydrogen) atoms. The molecule has 0 saturated carbocycles. The van der Waals surface area contributed by atoms with Gasteiger partial charge in [0.15, 0.2) is 11.3 Å². The van der Waals surface area contributed by atoms with Crippen LogP contribution in [0.3, 0.4) is 0 Å². The molecule has 0 spiro atoms. The van der Waals surface area contributed by atoms with Crippen LogP contribution in [0, 0.1) is 13.8 Å². The number of hydrogen-bond donors (Lipinski definition) is 2. The van der Waals surface area contributed by atoms with Crippen molar-refractivity contribution in [2.24, 2.45) is 0 Å². The number of esters is 1. The monoisotopic (exact) mass is 473 g/mol. The molecule has 2 N–H and O–H groups in total. The molecule has 1 saturated heterocycles. The first-order valence-electron chi connectivity index (χ1n) is 11.4. The van der Waals surface area contributed by atoms with Crippen molar-refractivity contribution in [2.75, 3.05) is 13.2 Å². The lowest BCUT2D eigenvalue weighted by Gasteiger charge is -2.27. The molecule has 1 aliphatic heterocycles. The highest BCUT2D eigenvalue weighted by Gasteiger charge is 2.52. The standard InChI is InChI=1S/C27H27N3O5/c1-4-35-24(32)22-17(2)23(28-18(22)3)21(31)16-30-25(33)27(29-26(30)34,20-13-9-6-10-14-20)15-19-11-7-5-8-12-19/h5-14,28H,4,15-16H2,1-3H3,(H,29,34)/t27-/m1/s1. The van der Waals surface area contributed by atoms with Gasteiger partial charge in [0.25, 0.3) is 5.91 Å². The Kier molecular flexibility index (Phi) is 6.55. The second-order valence-corrected chi connectivity index (χ2v) is 8.52. The van der Waals surface area contributed by atoms with Crippen LogP contribution >= 0.6 is 0 Å². The second-order valence-electron chi connectivity index (χ2n) is 8.52. The molecule has 0 unspecified atom stereocenters. The Labute approximate surface area is 203 Å². The first-order chi connectivity index (χ1) is 16.8. The SMILES string of the molecule is CCOC(=O)c1c(C)[nH]c(C(=O)CN2C(=O)N[C@](Cc3ccccc3)(c3ccccc3)C2=O)c1C. The fourth-order valence-corrected chi connectivity index (χ4v) is 4.57. The molecule has 0 radical (unpaired) electrons. The van der Waals surface area contributed by atoms with E-state index in [1.165, 1.54) is 0 Å². The number of H-pyrrole nitrogens is 1. The van der Waals surface area contributed by atoms with Crippen LogP contribution in [0.5, 0.6) is 0 Å². The van der Waals surface area contributed by atoms with Crippen LogP contribution in [0.25, 0.3) is 0 Å². The van der Waals surface area contributed by atoms with E-state index in [2.05, 4.69) is 10.3 Å². The minimum absolute atomic E-state index is 0.173. The average Bonchev–Trinajstić information content (AvgIpc) is 3.28. The summed E-state index contributed by atoms with van der Waals surface area (Å²) in [5, 5.41) is 2.86. The summed E-state index contributed by atoms with van der Waals surface area (Å²) in [6, 6.07) is 17.8. The number of ether oxygens (including phenoxy) is 1. The molecule has 8 nitrogen and oxygen atoms in total. The number of nitrogens with one attached hydrogen (secondary N) is 2. The number of nitrogens with zero attached hydrogens (tertiary/aromatic N) is 1. The van der Waals surface area contributed by atoms with E-state index < -0.39 is 35.8 Å². The molecule has 1 aromatic heterocycles. The number of aryl methyl sites for hydroxylation is 1. The highest BCUT2D eigenvalue weighted by atomic mass is 16.5. The lowest BCUT2D eigenvalue weighted by Crippen LogP contribution is -2.46. The minimum Gasteiger partial charge on any atom is -0.462 e. The maximum Gasteiger partial charge on any atom is 0.340 e. The number of aromatic amines is 1. The molecule has 0 bridgehead atoms. The molecule has 8 heteroatoms. The van der Waals surface area contributed by atoms with Gasteiger partial charge in [0, 0.05) is 12.1 Å². The molecule has 1 fully saturated rings. The van der Waals surface area contributed by atoms with E-state index in [1.54, 1.807) is 45.0 Å². The van der Waals surface area contributed by atoms with Crippen LogP contribution in [0.2, 0.25) is 0 Å². The molecule has 2 heterocycles. The zero-order valence-corrected chi connectivity index (χ0v) is 19.9. The molecule has 0 aliphatic carbocycles. The van der Waals surface area contributed by atoms with Gasteiger partial charge in [0.1, 0.15) is 0 Å². The maximum absolute atomic E-state index is 13.8. The van der Waals surface area contributed by atoms with Gasteiger partial charge in [-0.3, -0.25) is 14.5 Å². The van der Waals surface area contributed by atoms with Crippen molar-refractivity contribution in [3.63, 3.8) is 0 Å². The topological polar surface area (TPSA) is 109 Å². The van der Waals surface area contributed by atoms with Crippen molar-refractivity contribution in [2.45, 2.75) is 32.7 Å². The number of carbonyl (C=O) groups is 4. The maximum atomic E-state index is 13.8. The van der Waals surface area contributed by atoms with Crippen molar-refractivity contribution in [1.82, 2.24) is 15.2 Å². The quantitative estimate of drug-likeness (QED) is 0.295. The summed E-state index contributed by atoms with van der Waals surface area (Å²) in [5.41, 5.74) is 1.54. The first kappa shape index (κ1) is 23.9. The predicted molar refractivity (Wildman–Crippen MR) is 129 cm³/mol. The van der Waals surface area contributed by atoms with E-state index in [1.807, 2.05) is 36.4 Å². The van der Waals surface area contributed by atoms with Crippen LogP contribution in [0.4, 0.5) is 4.79 Å². The molecule has 1 aliphatic rings. The van der Waals surface area contributed by atoms with Gasteiger partial charge in [-0.05, 0) is 37.5 Å². The van der Waals surface area contributed by atoms with Crippen molar-refractivity contribution >= 4 is 23.7 Å². The van der Waals surface area contributed by atoms with Crippen LogP contribution in [-0.2, 0) is 21.5 Å². The van der Waals surface area contributed by atoms with E-state index >= 15 is 0 Å². The number of ketones is 1. The smallest absolute Gasteiger partial charge is 0.340 e. The number of rotatable bonds is 8. The van der Waals surface area contributed by atoms with Crippen LogP contribution in [0.1, 0.15) is 50.2 Å². The molecule has 3 aromatic rings. The summed E-state index contributed by atoms with van der Waals surface area (Å²) in [5.74, 6) is -1.51. The van der Waals surface area contributed by atoms with Gasteiger partial charge >= 0.3 is 12.0 Å². The Balaban J connectivity index is 1.65. The molecule has 2 aromatic carbocycles. The predicted octanol–water partition coefficient (Wildman–Crippen LogP) is 3.68. The highest BCUT2D eigenvalue weighted by Crippen LogP contribution is 2.33. The second kappa shape index (κ2) is 9.58. The molecular formula is C27H27N3O5. The first-order valence-corrected chi connectivity index (χ1v) is 11.4. The van der Waals surface area contributed by atoms with Crippen molar-refractivity contribution in [3.8, 4) is 0 Å². The van der Waals surface area contributed by atoms with E-state index in [4.69, 9.17) is 4.74 Å². The Hall–Kier alpha value is -4.20. The van der Waals surface area contributed by atoms with E-state index in [-0.39, 0.29) is 24.3 Å². The summed E-state index contributed by atoms with van der Waals surface area (Å²) >= 11 is 0. The van der Waals surface area contributed by atoms with Crippen LogP contribution < -0.4 is 5.32 Å². The lowest BCUT2D eigenvalue weighted by atomic mass is 9.83. The fourth-order valence-electron chi connectivity index (χ4n) is 4.57. The number of amides is 3. The number of hydrogen-bond acceptors (Lipinski definition) is 5. The molecule has 180 valence electrons. The number of carbonyl (C=O) groups excluding carboxylic acids is 4. The number of benzene rings is 2. The zero-order chi connectivity index (χ0) is 25.2. The van der Waals surface area contributed by atoms with Gasteiger partial charge in [0.05, 0.1) is 24.4 Å². The third-order valence-electron chi connectivity index (χ3n) is 6.25.